The second-order valence-corrected chi connectivity index (χ2v) is 5.91. The molecule has 3 rings (SSSR count). The largest absolute Gasteiger partial charge is 0.478 e. The molecule has 0 saturated carbocycles. The van der Waals surface area contributed by atoms with Crippen LogP contribution in [-0.4, -0.2) is 11.1 Å². The lowest BCUT2D eigenvalue weighted by Gasteiger charge is -2.14. The van der Waals surface area contributed by atoms with E-state index in [1.54, 1.807) is 12.1 Å². The predicted octanol–water partition coefficient (Wildman–Crippen LogP) is 4.95. The third-order valence-electron chi connectivity index (χ3n) is 4.24. The molecule has 2 N–H and O–H groups in total. The number of aromatic carboxylic acids is 1. The Morgan fingerprint density at radius 3 is 2.35 bits per heavy atom. The topological polar surface area (TPSA) is 49.3 Å². The Balaban J connectivity index is 1.60. The molecule has 0 radical (unpaired) electrons. The van der Waals surface area contributed by atoms with Crippen LogP contribution in [0, 0.1) is 0 Å². The van der Waals surface area contributed by atoms with Gasteiger partial charge in [-0.2, -0.15) is 0 Å². The van der Waals surface area contributed by atoms with E-state index in [0.29, 0.717) is 12.1 Å². The fourth-order valence-electron chi connectivity index (χ4n) is 2.87. The average Bonchev–Trinajstić information content (AvgIpc) is 2.61. The molecule has 1 aliphatic rings. The minimum Gasteiger partial charge on any atom is -0.478 e. The van der Waals surface area contributed by atoms with Gasteiger partial charge in [0.2, 0.25) is 0 Å². The van der Waals surface area contributed by atoms with Crippen molar-refractivity contribution in [2.45, 2.75) is 32.2 Å². The normalized spacial score (nSPS) is 14.2. The van der Waals surface area contributed by atoms with E-state index in [2.05, 4.69) is 35.7 Å². The average molecular weight is 307 g/mol. The summed E-state index contributed by atoms with van der Waals surface area (Å²) < 4.78 is 0. The monoisotopic (exact) mass is 307 g/mol. The maximum atomic E-state index is 10.8. The number of hydrogen-bond donors (Lipinski definition) is 2. The van der Waals surface area contributed by atoms with Crippen LogP contribution in [0.2, 0.25) is 0 Å². The minimum atomic E-state index is -0.892. The summed E-state index contributed by atoms with van der Waals surface area (Å²) in [7, 11) is 0. The summed E-state index contributed by atoms with van der Waals surface area (Å²) in [6.45, 7) is 0.682. The van der Waals surface area contributed by atoms with Crippen LogP contribution >= 0.6 is 0 Å². The van der Waals surface area contributed by atoms with Crippen molar-refractivity contribution in [2.75, 3.05) is 5.32 Å². The van der Waals surface area contributed by atoms with Gasteiger partial charge in [-0.15, -0.1) is 0 Å². The Hall–Kier alpha value is -2.55. The second-order valence-electron chi connectivity index (χ2n) is 5.91. The standard InChI is InChI=1S/C20H21NO2/c22-20(23)18-8-6-15(7-9-18)14-21-19-12-10-17(11-13-19)16-4-2-1-3-5-16/h4,6-13,21H,1-3,5,14H2,(H,22,23). The van der Waals surface area contributed by atoms with Gasteiger partial charge in [0.25, 0.3) is 0 Å². The minimum absolute atomic E-state index is 0.318. The van der Waals surface area contributed by atoms with Gasteiger partial charge >= 0.3 is 5.97 Å². The first-order valence-electron chi connectivity index (χ1n) is 8.08. The molecule has 0 atom stereocenters. The Kier molecular flexibility index (Phi) is 4.77. The molecule has 23 heavy (non-hydrogen) atoms. The highest BCUT2D eigenvalue weighted by Gasteiger charge is 2.06. The lowest BCUT2D eigenvalue weighted by atomic mass is 9.94. The van der Waals surface area contributed by atoms with E-state index in [1.807, 2.05) is 12.1 Å². The molecule has 0 fully saturated rings. The molecule has 0 amide bonds. The molecule has 0 saturated heterocycles. The van der Waals surface area contributed by atoms with Gasteiger partial charge in [-0.25, -0.2) is 4.79 Å². The Morgan fingerprint density at radius 2 is 1.74 bits per heavy atom. The summed E-state index contributed by atoms with van der Waals surface area (Å²) in [5.74, 6) is -0.892. The van der Waals surface area contributed by atoms with Crippen LogP contribution in [-0.2, 0) is 6.54 Å². The summed E-state index contributed by atoms with van der Waals surface area (Å²) in [5, 5.41) is 12.3. The third-order valence-corrected chi connectivity index (χ3v) is 4.24. The molecule has 118 valence electrons. The lowest BCUT2D eigenvalue weighted by Crippen LogP contribution is -2.01. The third kappa shape index (κ3) is 4.01. The molecule has 3 heteroatoms. The van der Waals surface area contributed by atoms with E-state index >= 15 is 0 Å². The molecule has 0 aromatic heterocycles. The number of anilines is 1. The lowest BCUT2D eigenvalue weighted by molar-refractivity contribution is 0.0697. The van der Waals surface area contributed by atoms with Gasteiger partial charge in [0.1, 0.15) is 0 Å². The zero-order chi connectivity index (χ0) is 16.1. The van der Waals surface area contributed by atoms with E-state index in [9.17, 15) is 4.79 Å². The van der Waals surface area contributed by atoms with Crippen LogP contribution in [0.15, 0.2) is 54.6 Å². The van der Waals surface area contributed by atoms with E-state index in [1.165, 1.54) is 36.8 Å². The van der Waals surface area contributed by atoms with Crippen LogP contribution < -0.4 is 5.32 Å². The van der Waals surface area contributed by atoms with Crippen molar-refractivity contribution in [1.29, 1.82) is 0 Å². The van der Waals surface area contributed by atoms with Gasteiger partial charge in [-0.05, 0) is 66.6 Å². The second kappa shape index (κ2) is 7.14. The van der Waals surface area contributed by atoms with Gasteiger partial charge < -0.3 is 10.4 Å². The van der Waals surface area contributed by atoms with Crippen LogP contribution in [0.1, 0.15) is 47.2 Å². The number of allylic oxidation sites excluding steroid dienone is 2. The van der Waals surface area contributed by atoms with Crippen LogP contribution in [0.4, 0.5) is 5.69 Å². The van der Waals surface area contributed by atoms with Crippen molar-refractivity contribution < 1.29 is 9.90 Å². The van der Waals surface area contributed by atoms with E-state index in [-0.39, 0.29) is 0 Å². The van der Waals surface area contributed by atoms with Crippen LogP contribution in [0.5, 0.6) is 0 Å². The van der Waals surface area contributed by atoms with Crippen molar-refractivity contribution in [2.24, 2.45) is 0 Å². The molecule has 0 bridgehead atoms. The highest BCUT2D eigenvalue weighted by molar-refractivity contribution is 5.87. The maximum absolute atomic E-state index is 10.8. The van der Waals surface area contributed by atoms with Crippen molar-refractivity contribution in [1.82, 2.24) is 0 Å². The number of nitrogens with one attached hydrogen (secondary N) is 1. The number of carbonyl (C=O) groups is 1. The Morgan fingerprint density at radius 1 is 1.00 bits per heavy atom. The summed E-state index contributed by atoms with van der Waals surface area (Å²) in [6.07, 6.45) is 7.34. The van der Waals surface area contributed by atoms with Crippen LogP contribution in [0.25, 0.3) is 5.57 Å². The zero-order valence-corrected chi connectivity index (χ0v) is 13.1. The summed E-state index contributed by atoms with van der Waals surface area (Å²) in [5.41, 5.74) is 5.24. The Bertz CT molecular complexity index is 699. The number of carboxylic acid groups (broad SMARTS) is 1. The smallest absolute Gasteiger partial charge is 0.335 e. The molecule has 2 aromatic carbocycles. The molecule has 3 nitrogen and oxygen atoms in total. The van der Waals surface area contributed by atoms with E-state index in [4.69, 9.17) is 5.11 Å². The molecular formula is C20H21NO2. The van der Waals surface area contributed by atoms with E-state index in [0.717, 1.165) is 11.3 Å². The quantitative estimate of drug-likeness (QED) is 0.821. The van der Waals surface area contributed by atoms with Gasteiger partial charge in [0.05, 0.1) is 5.56 Å². The number of hydrogen-bond acceptors (Lipinski definition) is 2. The first-order valence-corrected chi connectivity index (χ1v) is 8.08. The van der Waals surface area contributed by atoms with Gasteiger partial charge in [0, 0.05) is 12.2 Å². The molecule has 0 unspecified atom stereocenters. The first-order chi connectivity index (χ1) is 11.2. The summed E-state index contributed by atoms with van der Waals surface area (Å²) in [6, 6.07) is 15.5. The Labute approximate surface area is 136 Å². The van der Waals surface area contributed by atoms with Crippen molar-refractivity contribution in [3.8, 4) is 0 Å². The number of rotatable bonds is 5. The van der Waals surface area contributed by atoms with Crippen molar-refractivity contribution in [3.05, 3.63) is 71.3 Å². The maximum Gasteiger partial charge on any atom is 0.335 e. The number of carboxylic acids is 1. The van der Waals surface area contributed by atoms with Gasteiger partial charge in [-0.3, -0.25) is 0 Å². The SMILES string of the molecule is O=C(O)c1ccc(CNc2ccc(C3=CCCCC3)cc2)cc1. The fraction of sp³-hybridized carbons (Fsp3) is 0.250. The molecular weight excluding hydrogens is 286 g/mol. The zero-order valence-electron chi connectivity index (χ0n) is 13.1. The van der Waals surface area contributed by atoms with E-state index < -0.39 is 5.97 Å². The molecule has 2 aromatic rings. The van der Waals surface area contributed by atoms with Crippen molar-refractivity contribution >= 4 is 17.2 Å². The molecule has 0 aliphatic heterocycles. The molecule has 0 spiro atoms. The highest BCUT2D eigenvalue weighted by Crippen LogP contribution is 2.27. The van der Waals surface area contributed by atoms with Crippen molar-refractivity contribution in [3.63, 3.8) is 0 Å². The predicted molar refractivity (Wildman–Crippen MR) is 93.6 cm³/mol. The number of benzene rings is 2. The first kappa shape index (κ1) is 15.3. The van der Waals surface area contributed by atoms with Gasteiger partial charge in [0.15, 0.2) is 0 Å². The fourth-order valence-corrected chi connectivity index (χ4v) is 2.87. The summed E-state index contributed by atoms with van der Waals surface area (Å²) in [4.78, 5) is 10.8. The van der Waals surface area contributed by atoms with Crippen LogP contribution in [0.3, 0.4) is 0 Å². The highest BCUT2D eigenvalue weighted by atomic mass is 16.4. The molecule has 0 heterocycles. The van der Waals surface area contributed by atoms with Gasteiger partial charge in [-0.1, -0.05) is 30.3 Å². The molecule has 1 aliphatic carbocycles. The summed E-state index contributed by atoms with van der Waals surface area (Å²) >= 11 is 0.